The van der Waals surface area contributed by atoms with Crippen LogP contribution in [0.25, 0.3) is 0 Å². The third-order valence-electron chi connectivity index (χ3n) is 0.662. The van der Waals surface area contributed by atoms with Gasteiger partial charge in [0.15, 0.2) is 0 Å². The second kappa shape index (κ2) is 4.97. The third-order valence-corrected chi connectivity index (χ3v) is 0.753. The highest BCUT2D eigenvalue weighted by Crippen LogP contribution is 2.14. The predicted octanol–water partition coefficient (Wildman–Crippen LogP) is 1.19. The van der Waals surface area contributed by atoms with Crippen LogP contribution in [0.15, 0.2) is 4.99 Å². The van der Waals surface area contributed by atoms with Gasteiger partial charge >= 0.3 is 6.18 Å². The minimum Gasteiger partial charge on any atom is -0.362 e. The molecule has 0 saturated carbocycles. The van der Waals surface area contributed by atoms with Crippen molar-refractivity contribution < 1.29 is 22.7 Å². The van der Waals surface area contributed by atoms with E-state index in [4.69, 9.17) is 0 Å². The summed E-state index contributed by atoms with van der Waals surface area (Å²) in [5.41, 5.74) is 0. The summed E-state index contributed by atoms with van der Waals surface area (Å²) in [7, 11) is 0. The Morgan fingerprint density at radius 3 is 2.58 bits per heavy atom. The first kappa shape index (κ1) is 11.2. The molecule has 0 aromatic heterocycles. The third kappa shape index (κ3) is 7.33. The number of nitrogens with zero attached hydrogens (tertiary/aromatic N) is 1. The van der Waals surface area contributed by atoms with Gasteiger partial charge in [0.1, 0.15) is 13.2 Å². The van der Waals surface area contributed by atoms with Crippen molar-refractivity contribution in [1.82, 2.24) is 0 Å². The maximum absolute atomic E-state index is 11.4. The molecule has 0 rings (SSSR count). The molecule has 68 valence electrons. The minimum absolute atomic E-state index is 0.733. The lowest BCUT2D eigenvalue weighted by molar-refractivity contribution is -0.175. The van der Waals surface area contributed by atoms with Crippen LogP contribution in [0.4, 0.5) is 13.2 Å². The number of hydrogen-bond acceptors (Lipinski definition) is 3. The molecule has 0 bridgehead atoms. The number of thiocarbonyl (C=S) groups is 1. The predicted molar refractivity (Wildman–Crippen MR) is 36.9 cm³/mol. The fourth-order valence-corrected chi connectivity index (χ4v) is 0.439. The summed E-state index contributed by atoms with van der Waals surface area (Å²) in [4.78, 5) is 13.2. The second-order valence-corrected chi connectivity index (χ2v) is 1.89. The molecule has 0 radical (unpaired) electrons. The van der Waals surface area contributed by atoms with Crippen LogP contribution in [0.2, 0.25) is 0 Å². The molecule has 1 amide bonds. The van der Waals surface area contributed by atoms with Crippen LogP contribution < -0.4 is 0 Å². The van der Waals surface area contributed by atoms with Crippen LogP contribution in [0.1, 0.15) is 0 Å². The van der Waals surface area contributed by atoms with E-state index >= 15 is 0 Å². The highest BCUT2D eigenvalue weighted by atomic mass is 32.1. The highest BCUT2D eigenvalue weighted by molar-refractivity contribution is 7.78. The van der Waals surface area contributed by atoms with Gasteiger partial charge in [-0.15, -0.1) is 0 Å². The molecular weight excluding hydrogens is 195 g/mol. The summed E-state index contributed by atoms with van der Waals surface area (Å²) in [5, 5.41) is 1.71. The van der Waals surface area contributed by atoms with Crippen LogP contribution in [-0.4, -0.2) is 30.5 Å². The van der Waals surface area contributed by atoms with Gasteiger partial charge in [0.25, 0.3) is 5.91 Å². The Labute approximate surface area is 71.2 Å². The van der Waals surface area contributed by atoms with Gasteiger partial charge in [-0.2, -0.15) is 18.2 Å². The normalized spacial score (nSPS) is 10.6. The van der Waals surface area contributed by atoms with Crippen LogP contribution >= 0.6 is 12.2 Å². The van der Waals surface area contributed by atoms with Crippen LogP contribution in [0.3, 0.4) is 0 Å². The van der Waals surface area contributed by atoms with Crippen molar-refractivity contribution in [2.45, 2.75) is 6.18 Å². The molecule has 12 heavy (non-hydrogen) atoms. The number of amides is 1. The Hall–Kier alpha value is -0.780. The zero-order chi connectivity index (χ0) is 9.61. The average Bonchev–Trinajstić information content (AvgIpc) is 1.84. The Kier molecular flexibility index (Phi) is 4.65. The Morgan fingerprint density at radius 2 is 2.17 bits per heavy atom. The number of rotatable bonds is 3. The molecule has 0 spiro atoms. The number of alkyl halides is 3. The van der Waals surface area contributed by atoms with Gasteiger partial charge in [-0.25, -0.2) is 0 Å². The van der Waals surface area contributed by atoms with Crippen molar-refractivity contribution in [2.75, 3.05) is 13.2 Å². The summed E-state index contributed by atoms with van der Waals surface area (Å²) in [5.74, 6) is -0.880. The van der Waals surface area contributed by atoms with Crippen molar-refractivity contribution in [3.05, 3.63) is 0 Å². The van der Waals surface area contributed by atoms with E-state index in [0.29, 0.717) is 0 Å². The van der Waals surface area contributed by atoms with E-state index in [1.807, 2.05) is 0 Å². The molecule has 0 saturated heterocycles. The molecule has 0 atom stereocenters. The van der Waals surface area contributed by atoms with E-state index in [9.17, 15) is 18.0 Å². The largest absolute Gasteiger partial charge is 0.411 e. The Morgan fingerprint density at radius 1 is 1.58 bits per heavy atom. The van der Waals surface area contributed by atoms with E-state index in [1.54, 1.807) is 5.16 Å². The minimum atomic E-state index is -4.43. The van der Waals surface area contributed by atoms with Crippen LogP contribution in [0.5, 0.6) is 0 Å². The lowest BCUT2D eigenvalue weighted by Crippen LogP contribution is -2.19. The number of hydrogen-bond donors (Lipinski definition) is 0. The molecule has 0 aliphatic carbocycles. The Bertz CT molecular complexity index is 209. The topological polar surface area (TPSA) is 38.7 Å². The maximum Gasteiger partial charge on any atom is 0.411 e. The van der Waals surface area contributed by atoms with Gasteiger partial charge in [-0.05, 0) is 12.2 Å². The number of ether oxygens (including phenoxy) is 1. The molecule has 3 nitrogen and oxygen atoms in total. The summed E-state index contributed by atoms with van der Waals surface area (Å²) in [6.45, 7) is -2.20. The smallest absolute Gasteiger partial charge is 0.362 e. The van der Waals surface area contributed by atoms with Gasteiger partial charge < -0.3 is 4.74 Å². The zero-order valence-corrected chi connectivity index (χ0v) is 6.54. The van der Waals surface area contributed by atoms with E-state index in [2.05, 4.69) is 21.9 Å². The Balaban J connectivity index is 3.57. The number of isothiocyanates is 1. The molecule has 0 N–H and O–H groups in total. The SMILES string of the molecule is O=C(COCC(F)(F)F)N=C=S. The highest BCUT2D eigenvalue weighted by Gasteiger charge is 2.27. The standard InChI is InChI=1S/C5H4F3NO2S/c6-5(7,8)2-11-1-4(10)9-3-12/h1-2H2. The average molecular weight is 199 g/mol. The molecular formula is C5H4F3NO2S. The van der Waals surface area contributed by atoms with Gasteiger partial charge in [0.05, 0.1) is 5.16 Å². The van der Waals surface area contributed by atoms with E-state index in [1.165, 1.54) is 0 Å². The van der Waals surface area contributed by atoms with Crippen molar-refractivity contribution in [1.29, 1.82) is 0 Å². The van der Waals surface area contributed by atoms with Gasteiger partial charge in [-0.1, -0.05) is 0 Å². The fraction of sp³-hybridized carbons (Fsp3) is 0.600. The first-order chi connectivity index (χ1) is 5.45. The molecule has 7 heteroatoms. The van der Waals surface area contributed by atoms with Crippen molar-refractivity contribution in [2.24, 2.45) is 4.99 Å². The summed E-state index contributed by atoms with van der Waals surface area (Å²) >= 11 is 4.04. The summed E-state index contributed by atoms with van der Waals surface area (Å²) in [6.07, 6.45) is -4.43. The lowest BCUT2D eigenvalue weighted by atomic mass is 10.6. The molecule has 0 aliphatic rings. The van der Waals surface area contributed by atoms with Gasteiger partial charge in [-0.3, -0.25) is 4.79 Å². The van der Waals surface area contributed by atoms with Crippen LogP contribution in [0, 0.1) is 0 Å². The van der Waals surface area contributed by atoms with Crippen molar-refractivity contribution in [3.63, 3.8) is 0 Å². The van der Waals surface area contributed by atoms with Crippen molar-refractivity contribution in [3.8, 4) is 0 Å². The number of halogens is 3. The first-order valence-corrected chi connectivity index (χ1v) is 3.12. The molecule has 0 aromatic rings. The molecule has 0 aliphatic heterocycles. The summed E-state index contributed by atoms with van der Waals surface area (Å²) < 4.78 is 38.1. The molecule has 0 unspecified atom stereocenters. The monoisotopic (exact) mass is 199 g/mol. The molecule has 0 fully saturated rings. The summed E-state index contributed by atoms with van der Waals surface area (Å²) in [6, 6.07) is 0. The van der Waals surface area contributed by atoms with E-state index < -0.39 is 25.3 Å². The van der Waals surface area contributed by atoms with Gasteiger partial charge in [0, 0.05) is 0 Å². The quantitative estimate of drug-likeness (QED) is 0.506. The van der Waals surface area contributed by atoms with Crippen molar-refractivity contribution >= 4 is 23.3 Å². The number of carbonyl (C=O) groups excluding carboxylic acids is 1. The van der Waals surface area contributed by atoms with Gasteiger partial charge in [0.2, 0.25) is 0 Å². The molecule has 0 aromatic carbocycles. The lowest BCUT2D eigenvalue weighted by Gasteiger charge is -2.04. The number of carbonyl (C=O) groups is 1. The zero-order valence-electron chi connectivity index (χ0n) is 5.72. The second-order valence-electron chi connectivity index (χ2n) is 1.70. The van der Waals surface area contributed by atoms with Crippen LogP contribution in [-0.2, 0) is 9.53 Å². The first-order valence-electron chi connectivity index (χ1n) is 2.71. The maximum atomic E-state index is 11.4. The fourth-order valence-electron chi connectivity index (χ4n) is 0.337. The van der Waals surface area contributed by atoms with E-state index in [-0.39, 0.29) is 0 Å². The number of aliphatic imine (C=N–C) groups is 1. The van der Waals surface area contributed by atoms with E-state index in [0.717, 1.165) is 0 Å². The molecule has 0 heterocycles.